The van der Waals surface area contributed by atoms with Crippen LogP contribution >= 0.6 is 0 Å². The van der Waals surface area contributed by atoms with Gasteiger partial charge in [0, 0.05) is 0 Å². The van der Waals surface area contributed by atoms with E-state index >= 15 is 0 Å². The Bertz CT molecular complexity index is 913. The molecule has 1 atom stereocenters. The number of imidazole rings is 1. The number of nitrogens with one attached hydrogen (secondary N) is 2. The Hall–Kier alpha value is -2.66. The average molecular weight is 349 g/mol. The van der Waals surface area contributed by atoms with E-state index in [1.54, 1.807) is 0 Å². The fraction of sp³-hybridized carbons (Fsp3) is 0.333. The molecule has 2 aromatic carbocycles. The average Bonchev–Trinajstić information content (AvgIpc) is 2.97. The molecule has 0 unspecified atom stereocenters. The van der Waals surface area contributed by atoms with Gasteiger partial charge in [0.1, 0.15) is 5.82 Å². The van der Waals surface area contributed by atoms with Gasteiger partial charge in [0.15, 0.2) is 0 Å². The standard InChI is InChI=1S/C21H23N3O2/c1-13-22-18-8-7-14(9-19(18)23-13)10-20(26)24-21(16-11-17(25)12-16)15-5-3-2-4-6-15/h2-9,16-17,21,25H,10-12H2,1H3,(H,22,23)(H,24,26)/t16?,17?,21-/m1/s1. The van der Waals surface area contributed by atoms with Crippen molar-refractivity contribution in [1.29, 1.82) is 0 Å². The number of aliphatic hydroxyl groups excluding tert-OH is 1. The highest BCUT2D eigenvalue weighted by Crippen LogP contribution is 2.38. The van der Waals surface area contributed by atoms with Crippen LogP contribution in [0, 0.1) is 12.8 Å². The number of H-pyrrole nitrogens is 1. The van der Waals surface area contributed by atoms with Crippen LogP contribution in [0.2, 0.25) is 0 Å². The zero-order valence-corrected chi connectivity index (χ0v) is 14.8. The van der Waals surface area contributed by atoms with E-state index in [0.29, 0.717) is 6.42 Å². The molecule has 0 saturated heterocycles. The van der Waals surface area contributed by atoms with E-state index in [9.17, 15) is 9.90 Å². The predicted octanol–water partition coefficient (Wildman–Crippen LogP) is 3.04. The van der Waals surface area contributed by atoms with Gasteiger partial charge in [-0.2, -0.15) is 0 Å². The lowest BCUT2D eigenvalue weighted by atomic mass is 9.75. The summed E-state index contributed by atoms with van der Waals surface area (Å²) in [5, 5.41) is 12.8. The van der Waals surface area contributed by atoms with Crippen LogP contribution in [0.15, 0.2) is 48.5 Å². The second kappa shape index (κ2) is 6.92. The highest BCUT2D eigenvalue weighted by molar-refractivity contribution is 5.82. The van der Waals surface area contributed by atoms with Gasteiger partial charge >= 0.3 is 0 Å². The number of aromatic amines is 1. The molecular weight excluding hydrogens is 326 g/mol. The number of carbonyl (C=O) groups is 1. The summed E-state index contributed by atoms with van der Waals surface area (Å²) in [6.45, 7) is 1.92. The molecule has 0 radical (unpaired) electrons. The first-order chi connectivity index (χ1) is 12.6. The van der Waals surface area contributed by atoms with Gasteiger partial charge < -0.3 is 15.4 Å². The number of benzene rings is 2. The first-order valence-electron chi connectivity index (χ1n) is 9.06. The molecule has 3 aromatic rings. The van der Waals surface area contributed by atoms with Crippen molar-refractivity contribution in [2.24, 2.45) is 5.92 Å². The number of aliphatic hydroxyl groups is 1. The summed E-state index contributed by atoms with van der Waals surface area (Å²) >= 11 is 0. The number of hydrogen-bond acceptors (Lipinski definition) is 3. The van der Waals surface area contributed by atoms with Crippen LogP contribution in [0.1, 0.15) is 35.8 Å². The lowest BCUT2D eigenvalue weighted by Gasteiger charge is -2.38. The molecule has 1 aliphatic rings. The van der Waals surface area contributed by atoms with E-state index in [0.717, 1.165) is 40.8 Å². The van der Waals surface area contributed by atoms with Crippen LogP contribution in [-0.2, 0) is 11.2 Å². The summed E-state index contributed by atoms with van der Waals surface area (Å²) in [6, 6.07) is 15.8. The maximum Gasteiger partial charge on any atom is 0.224 e. The highest BCUT2D eigenvalue weighted by Gasteiger charge is 2.35. The van der Waals surface area contributed by atoms with Gasteiger partial charge in [0.05, 0.1) is 29.6 Å². The zero-order chi connectivity index (χ0) is 18.1. The third-order valence-corrected chi connectivity index (χ3v) is 5.13. The molecule has 4 rings (SSSR count). The number of rotatable bonds is 5. The van der Waals surface area contributed by atoms with Crippen LogP contribution in [0.5, 0.6) is 0 Å². The Kier molecular flexibility index (Phi) is 4.47. The molecule has 1 aliphatic carbocycles. The van der Waals surface area contributed by atoms with Gasteiger partial charge in [0.25, 0.3) is 0 Å². The molecule has 26 heavy (non-hydrogen) atoms. The largest absolute Gasteiger partial charge is 0.393 e. The van der Waals surface area contributed by atoms with E-state index in [4.69, 9.17) is 0 Å². The Morgan fingerprint density at radius 2 is 2.04 bits per heavy atom. The molecule has 1 aromatic heterocycles. The predicted molar refractivity (Wildman–Crippen MR) is 101 cm³/mol. The van der Waals surface area contributed by atoms with E-state index < -0.39 is 0 Å². The summed E-state index contributed by atoms with van der Waals surface area (Å²) in [7, 11) is 0. The molecule has 0 aliphatic heterocycles. The molecule has 1 fully saturated rings. The number of aromatic nitrogens is 2. The first kappa shape index (κ1) is 16.8. The number of aryl methyl sites for hydroxylation is 1. The molecule has 5 nitrogen and oxygen atoms in total. The molecule has 134 valence electrons. The Morgan fingerprint density at radius 1 is 1.27 bits per heavy atom. The van der Waals surface area contributed by atoms with Crippen LogP contribution in [0.4, 0.5) is 0 Å². The van der Waals surface area contributed by atoms with E-state index in [-0.39, 0.29) is 24.0 Å². The van der Waals surface area contributed by atoms with Crippen molar-refractivity contribution in [3.8, 4) is 0 Å². The number of amides is 1. The first-order valence-corrected chi connectivity index (χ1v) is 9.06. The van der Waals surface area contributed by atoms with Crippen LogP contribution in [-0.4, -0.2) is 27.1 Å². The number of carbonyl (C=O) groups excluding carboxylic acids is 1. The van der Waals surface area contributed by atoms with Crippen molar-refractivity contribution in [3.05, 3.63) is 65.5 Å². The topological polar surface area (TPSA) is 78.0 Å². The smallest absolute Gasteiger partial charge is 0.224 e. The van der Waals surface area contributed by atoms with Gasteiger partial charge in [-0.05, 0) is 48.9 Å². The molecule has 0 bridgehead atoms. The lowest BCUT2D eigenvalue weighted by molar-refractivity contribution is -0.122. The second-order valence-electron chi connectivity index (χ2n) is 7.19. The maximum absolute atomic E-state index is 12.7. The lowest BCUT2D eigenvalue weighted by Crippen LogP contribution is -2.41. The SMILES string of the molecule is Cc1nc2ccc(CC(=O)N[C@H](c3ccccc3)C3CC(O)C3)cc2[nH]1. The van der Waals surface area contributed by atoms with E-state index in [2.05, 4.69) is 15.3 Å². The van der Waals surface area contributed by atoms with Crippen LogP contribution < -0.4 is 5.32 Å². The van der Waals surface area contributed by atoms with Crippen molar-refractivity contribution in [2.75, 3.05) is 0 Å². The summed E-state index contributed by atoms with van der Waals surface area (Å²) in [4.78, 5) is 20.3. The van der Waals surface area contributed by atoms with Crippen molar-refractivity contribution in [3.63, 3.8) is 0 Å². The van der Waals surface area contributed by atoms with Gasteiger partial charge in [-0.1, -0.05) is 36.4 Å². The third kappa shape index (κ3) is 3.48. The maximum atomic E-state index is 12.7. The molecular formula is C21H23N3O2. The van der Waals surface area contributed by atoms with Gasteiger partial charge in [-0.3, -0.25) is 4.79 Å². The molecule has 5 heteroatoms. The van der Waals surface area contributed by atoms with Gasteiger partial charge in [0.2, 0.25) is 5.91 Å². The fourth-order valence-corrected chi connectivity index (χ4v) is 3.74. The Balaban J connectivity index is 1.48. The minimum Gasteiger partial charge on any atom is -0.393 e. The van der Waals surface area contributed by atoms with Gasteiger partial charge in [-0.25, -0.2) is 4.98 Å². The molecule has 1 heterocycles. The number of hydrogen-bond donors (Lipinski definition) is 3. The van der Waals surface area contributed by atoms with Crippen LogP contribution in [0.3, 0.4) is 0 Å². The van der Waals surface area contributed by atoms with E-state index in [1.165, 1.54) is 0 Å². The molecule has 3 N–H and O–H groups in total. The van der Waals surface area contributed by atoms with Crippen molar-refractivity contribution < 1.29 is 9.90 Å². The zero-order valence-electron chi connectivity index (χ0n) is 14.8. The Morgan fingerprint density at radius 3 is 2.77 bits per heavy atom. The highest BCUT2D eigenvalue weighted by atomic mass is 16.3. The summed E-state index contributed by atoms with van der Waals surface area (Å²) in [5.41, 5.74) is 3.92. The minimum absolute atomic E-state index is 0.00386. The molecule has 1 saturated carbocycles. The quantitative estimate of drug-likeness (QED) is 0.662. The van der Waals surface area contributed by atoms with Crippen molar-refractivity contribution in [1.82, 2.24) is 15.3 Å². The van der Waals surface area contributed by atoms with Crippen molar-refractivity contribution in [2.45, 2.75) is 38.3 Å². The second-order valence-corrected chi connectivity index (χ2v) is 7.19. The molecule has 0 spiro atoms. The Labute approximate surface area is 152 Å². The van der Waals surface area contributed by atoms with E-state index in [1.807, 2.05) is 55.5 Å². The van der Waals surface area contributed by atoms with Crippen molar-refractivity contribution >= 4 is 16.9 Å². The van der Waals surface area contributed by atoms with Gasteiger partial charge in [-0.15, -0.1) is 0 Å². The third-order valence-electron chi connectivity index (χ3n) is 5.13. The van der Waals surface area contributed by atoms with Crippen LogP contribution in [0.25, 0.3) is 11.0 Å². The summed E-state index contributed by atoms with van der Waals surface area (Å²) < 4.78 is 0. The normalized spacial score (nSPS) is 20.5. The monoisotopic (exact) mass is 349 g/mol. The number of fused-ring (bicyclic) bond motifs is 1. The summed E-state index contributed by atoms with van der Waals surface area (Å²) in [5.74, 6) is 1.15. The molecule has 1 amide bonds. The number of nitrogens with zero attached hydrogens (tertiary/aromatic N) is 1. The minimum atomic E-state index is -0.242. The fourth-order valence-electron chi connectivity index (χ4n) is 3.74. The summed E-state index contributed by atoms with van der Waals surface area (Å²) in [6.07, 6.45) is 1.56.